The van der Waals surface area contributed by atoms with E-state index in [1.165, 1.54) is 12.1 Å². The number of benzene rings is 1. The predicted molar refractivity (Wildman–Crippen MR) is 103 cm³/mol. The van der Waals surface area contributed by atoms with E-state index in [4.69, 9.17) is 0 Å². The highest BCUT2D eigenvalue weighted by atomic mass is 19.3. The Balaban J connectivity index is 1.65. The maximum atomic E-state index is 13.4. The van der Waals surface area contributed by atoms with Gasteiger partial charge in [0.25, 0.3) is 11.8 Å². The van der Waals surface area contributed by atoms with Crippen molar-refractivity contribution < 1.29 is 23.2 Å². The van der Waals surface area contributed by atoms with Gasteiger partial charge in [0.15, 0.2) is 0 Å². The molecule has 2 unspecified atom stereocenters. The van der Waals surface area contributed by atoms with Crippen LogP contribution in [0.1, 0.15) is 50.7 Å². The first-order valence-corrected chi connectivity index (χ1v) is 10.0. The molecule has 2 fully saturated rings. The molecule has 0 radical (unpaired) electrons. The Kier molecular flexibility index (Phi) is 5.91. The van der Waals surface area contributed by atoms with E-state index < -0.39 is 23.4 Å². The number of hydrogen-bond donors (Lipinski definition) is 3. The van der Waals surface area contributed by atoms with E-state index in [1.807, 2.05) is 6.92 Å². The lowest BCUT2D eigenvalue weighted by Crippen LogP contribution is -2.57. The molecule has 1 saturated carbocycles. The van der Waals surface area contributed by atoms with E-state index in [-0.39, 0.29) is 29.9 Å². The normalized spacial score (nSPS) is 22.8. The summed E-state index contributed by atoms with van der Waals surface area (Å²) in [4.78, 5) is 36.7. The average Bonchev–Trinajstić information content (AvgIpc) is 3.45. The van der Waals surface area contributed by atoms with Crippen LogP contribution in [0.2, 0.25) is 0 Å². The van der Waals surface area contributed by atoms with E-state index in [0.717, 1.165) is 31.7 Å². The summed E-state index contributed by atoms with van der Waals surface area (Å²) >= 11 is 0. The van der Waals surface area contributed by atoms with E-state index in [0.29, 0.717) is 12.8 Å². The summed E-state index contributed by atoms with van der Waals surface area (Å²) in [5.74, 6) is -3.81. The summed E-state index contributed by atoms with van der Waals surface area (Å²) < 4.78 is 26.8. The summed E-state index contributed by atoms with van der Waals surface area (Å²) in [6, 6.07) is 5.49. The van der Waals surface area contributed by atoms with Crippen molar-refractivity contribution in [3.63, 3.8) is 0 Å². The molecular formula is C21H27F2N3O3. The summed E-state index contributed by atoms with van der Waals surface area (Å²) in [7, 11) is 0. The Morgan fingerprint density at radius 1 is 1.28 bits per heavy atom. The zero-order chi connectivity index (χ0) is 21.2. The van der Waals surface area contributed by atoms with Gasteiger partial charge in [0.2, 0.25) is 5.91 Å². The number of alkyl halides is 2. The first kappa shape index (κ1) is 21.2. The molecule has 0 bridgehead atoms. The van der Waals surface area contributed by atoms with Gasteiger partial charge in [0, 0.05) is 18.4 Å². The quantitative estimate of drug-likeness (QED) is 0.550. The van der Waals surface area contributed by atoms with Gasteiger partial charge >= 0.3 is 6.03 Å². The Hall–Kier alpha value is -2.51. The van der Waals surface area contributed by atoms with Gasteiger partial charge in [-0.25, -0.2) is 13.6 Å². The van der Waals surface area contributed by atoms with Crippen molar-refractivity contribution in [2.24, 2.45) is 11.8 Å². The van der Waals surface area contributed by atoms with Crippen LogP contribution in [0.4, 0.5) is 13.6 Å². The minimum Gasteiger partial charge on any atom is -0.353 e. The zero-order valence-electron chi connectivity index (χ0n) is 16.7. The highest BCUT2D eigenvalue weighted by Crippen LogP contribution is 2.41. The predicted octanol–water partition coefficient (Wildman–Crippen LogP) is 2.86. The lowest BCUT2D eigenvalue weighted by molar-refractivity contribution is -0.127. The largest absolute Gasteiger partial charge is 0.353 e. The molecule has 3 N–H and O–H groups in total. The summed E-state index contributed by atoms with van der Waals surface area (Å²) in [5, 5.41) is 7.80. The maximum absolute atomic E-state index is 13.4. The first-order valence-electron chi connectivity index (χ1n) is 10.0. The lowest BCUT2D eigenvalue weighted by Gasteiger charge is -2.27. The number of nitrogens with one attached hydrogen (secondary N) is 3. The van der Waals surface area contributed by atoms with Crippen molar-refractivity contribution in [3.05, 3.63) is 35.4 Å². The number of hydrogen-bond acceptors (Lipinski definition) is 3. The van der Waals surface area contributed by atoms with Crippen LogP contribution in [0.5, 0.6) is 0 Å². The first-order chi connectivity index (χ1) is 13.7. The molecule has 1 aliphatic heterocycles. The summed E-state index contributed by atoms with van der Waals surface area (Å²) in [6.45, 7) is 2.87. The minimum atomic E-state index is -2.90. The molecule has 4 amide bonds. The number of amides is 4. The van der Waals surface area contributed by atoms with Gasteiger partial charge in [0.05, 0.1) is 6.54 Å². The molecule has 0 spiro atoms. The Morgan fingerprint density at radius 3 is 2.41 bits per heavy atom. The van der Waals surface area contributed by atoms with Crippen LogP contribution < -0.4 is 16.0 Å². The van der Waals surface area contributed by atoms with Crippen molar-refractivity contribution in [1.29, 1.82) is 0 Å². The highest BCUT2D eigenvalue weighted by molar-refractivity contribution is 6.07. The van der Waals surface area contributed by atoms with Crippen molar-refractivity contribution >= 4 is 17.8 Å². The second kappa shape index (κ2) is 8.08. The van der Waals surface area contributed by atoms with Gasteiger partial charge in [-0.05, 0) is 37.2 Å². The van der Waals surface area contributed by atoms with Gasteiger partial charge < -0.3 is 10.6 Å². The van der Waals surface area contributed by atoms with Gasteiger partial charge in [-0.15, -0.1) is 0 Å². The van der Waals surface area contributed by atoms with Crippen LogP contribution in [0.3, 0.4) is 0 Å². The van der Waals surface area contributed by atoms with E-state index in [1.54, 1.807) is 12.1 Å². The second-order valence-corrected chi connectivity index (χ2v) is 8.15. The summed E-state index contributed by atoms with van der Waals surface area (Å²) in [6.07, 6.45) is 3.50. The number of carbonyl (C=O) groups excluding carboxylic acids is 3. The SMILES string of the molecule is CCCC(Cc1ccc(C(C)(F)F)cc1)C(=O)NCC1(C2CC2)NC(=O)NC1=O. The smallest absolute Gasteiger partial charge is 0.322 e. The van der Waals surface area contributed by atoms with Crippen molar-refractivity contribution in [2.75, 3.05) is 6.54 Å². The van der Waals surface area contributed by atoms with Gasteiger partial charge in [-0.1, -0.05) is 37.6 Å². The number of urea groups is 1. The molecule has 1 aliphatic carbocycles. The van der Waals surface area contributed by atoms with Gasteiger partial charge in [-0.2, -0.15) is 0 Å². The van der Waals surface area contributed by atoms with Crippen LogP contribution in [0, 0.1) is 11.8 Å². The van der Waals surface area contributed by atoms with Gasteiger partial charge in [-0.3, -0.25) is 14.9 Å². The number of rotatable bonds is 9. The van der Waals surface area contributed by atoms with Crippen LogP contribution in [0.25, 0.3) is 0 Å². The number of carbonyl (C=O) groups is 3. The Bertz CT molecular complexity index is 787. The standard InChI is InChI=1S/C21H27F2N3O3/c1-3-4-14(11-13-5-7-15(8-6-13)20(2,22)23)17(27)24-12-21(16-9-10-16)18(28)25-19(29)26-21/h5-8,14,16H,3-4,9-12H2,1-2H3,(H,24,27)(H2,25,26,28,29). The maximum Gasteiger partial charge on any atom is 0.322 e. The molecule has 29 heavy (non-hydrogen) atoms. The molecule has 1 aromatic carbocycles. The number of halogens is 2. The molecule has 158 valence electrons. The van der Waals surface area contributed by atoms with Crippen molar-refractivity contribution in [2.45, 2.75) is 57.4 Å². The molecular weight excluding hydrogens is 380 g/mol. The molecule has 1 heterocycles. The van der Waals surface area contributed by atoms with Crippen molar-refractivity contribution in [3.8, 4) is 0 Å². The topological polar surface area (TPSA) is 87.3 Å². The fraction of sp³-hybridized carbons (Fsp3) is 0.571. The third-order valence-corrected chi connectivity index (χ3v) is 5.74. The second-order valence-electron chi connectivity index (χ2n) is 8.15. The van der Waals surface area contributed by atoms with E-state index in [2.05, 4.69) is 16.0 Å². The summed E-state index contributed by atoms with van der Waals surface area (Å²) in [5.41, 5.74) is -0.333. The molecule has 1 saturated heterocycles. The van der Waals surface area contributed by atoms with Crippen LogP contribution in [-0.4, -0.2) is 29.9 Å². The van der Waals surface area contributed by atoms with Gasteiger partial charge in [0.1, 0.15) is 5.54 Å². The van der Waals surface area contributed by atoms with Crippen LogP contribution in [0.15, 0.2) is 24.3 Å². The zero-order valence-corrected chi connectivity index (χ0v) is 16.7. The molecule has 0 aromatic heterocycles. The number of imide groups is 1. The van der Waals surface area contributed by atoms with Crippen LogP contribution >= 0.6 is 0 Å². The molecule has 2 atom stereocenters. The Morgan fingerprint density at radius 2 is 1.93 bits per heavy atom. The minimum absolute atomic E-state index is 0.0298. The molecule has 8 heteroatoms. The highest BCUT2D eigenvalue weighted by Gasteiger charge is 2.56. The molecule has 3 rings (SSSR count). The molecule has 1 aromatic rings. The third-order valence-electron chi connectivity index (χ3n) is 5.74. The fourth-order valence-corrected chi connectivity index (χ4v) is 3.90. The molecule has 6 nitrogen and oxygen atoms in total. The fourth-order valence-electron chi connectivity index (χ4n) is 3.90. The Labute approximate surface area is 168 Å². The third kappa shape index (κ3) is 4.74. The van der Waals surface area contributed by atoms with Crippen molar-refractivity contribution in [1.82, 2.24) is 16.0 Å². The molecule has 2 aliphatic rings. The lowest BCUT2D eigenvalue weighted by atomic mass is 9.91. The van der Waals surface area contributed by atoms with E-state index in [9.17, 15) is 23.2 Å². The monoisotopic (exact) mass is 407 g/mol. The van der Waals surface area contributed by atoms with E-state index >= 15 is 0 Å². The average molecular weight is 407 g/mol. The van der Waals surface area contributed by atoms with Crippen LogP contribution in [-0.2, 0) is 21.9 Å².